The summed E-state index contributed by atoms with van der Waals surface area (Å²) in [7, 11) is -4.68. The van der Waals surface area contributed by atoms with Crippen LogP contribution in [-0.4, -0.2) is 32.3 Å². The molecule has 0 saturated carbocycles. The number of fused-ring (bicyclic) bond motifs is 1. The fourth-order valence-electron chi connectivity index (χ4n) is 3.61. The van der Waals surface area contributed by atoms with Crippen molar-refractivity contribution in [3.63, 3.8) is 0 Å². The Morgan fingerprint density at radius 1 is 1.15 bits per heavy atom. The van der Waals surface area contributed by atoms with Gasteiger partial charge in [-0.2, -0.15) is 10.2 Å². The van der Waals surface area contributed by atoms with Gasteiger partial charge in [0.2, 0.25) is 12.1 Å². The number of ether oxygens (including phenoxy) is 2. The van der Waals surface area contributed by atoms with Gasteiger partial charge in [-0.3, -0.25) is 0 Å². The molecular formula is C23H22N3O7P. The summed E-state index contributed by atoms with van der Waals surface area (Å²) in [6, 6.07) is 12.7. The number of rotatable bonds is 8. The van der Waals surface area contributed by atoms with Gasteiger partial charge in [-0.1, -0.05) is 23.4 Å². The van der Waals surface area contributed by atoms with Crippen LogP contribution < -0.4 is 4.74 Å². The first-order chi connectivity index (χ1) is 16.1. The first-order valence-electron chi connectivity index (χ1n) is 10.4. The molecule has 0 bridgehead atoms. The third kappa shape index (κ3) is 5.19. The molecule has 0 amide bonds. The molecule has 2 aromatic carbocycles. The molecule has 2 N–H and O–H groups in total. The molecule has 1 unspecified atom stereocenters. The highest BCUT2D eigenvalue weighted by atomic mass is 31.2. The fourth-order valence-corrected chi connectivity index (χ4v) is 4.04. The summed E-state index contributed by atoms with van der Waals surface area (Å²) in [5.74, 6) is 1.55. The number of nitriles is 1. The van der Waals surface area contributed by atoms with Crippen LogP contribution in [0.5, 0.6) is 5.75 Å². The molecule has 1 heterocycles. The van der Waals surface area contributed by atoms with Crippen LogP contribution in [0.25, 0.3) is 28.6 Å². The SMILES string of the molecule is CC(C)Oc1ccc(-c2nc(-c3cccc4c3CC=C4OC(C)OP(=O)(O)O)no2)cc1C#N. The van der Waals surface area contributed by atoms with Gasteiger partial charge < -0.3 is 23.8 Å². The van der Waals surface area contributed by atoms with Crippen LogP contribution in [-0.2, 0) is 20.2 Å². The number of benzene rings is 2. The topological polar surface area (TPSA) is 148 Å². The largest absolute Gasteiger partial charge is 0.490 e. The molecule has 0 spiro atoms. The van der Waals surface area contributed by atoms with Gasteiger partial charge in [-0.25, -0.2) is 9.09 Å². The predicted octanol–water partition coefficient (Wildman–Crippen LogP) is 4.43. The van der Waals surface area contributed by atoms with E-state index in [0.717, 1.165) is 16.7 Å². The molecule has 3 aromatic rings. The van der Waals surface area contributed by atoms with Gasteiger partial charge in [0, 0.05) is 16.7 Å². The smallest absolute Gasteiger partial charge is 0.472 e. The van der Waals surface area contributed by atoms with E-state index in [-0.39, 0.29) is 12.0 Å². The molecule has 1 aromatic heterocycles. The van der Waals surface area contributed by atoms with Crippen molar-refractivity contribution in [2.24, 2.45) is 0 Å². The zero-order chi connectivity index (χ0) is 24.5. The molecule has 1 atom stereocenters. The van der Waals surface area contributed by atoms with Crippen molar-refractivity contribution in [2.75, 3.05) is 0 Å². The molecule has 4 rings (SSSR count). The average Bonchev–Trinajstić information content (AvgIpc) is 3.40. The first-order valence-corrected chi connectivity index (χ1v) is 12.0. The zero-order valence-corrected chi connectivity index (χ0v) is 19.5. The van der Waals surface area contributed by atoms with Gasteiger partial charge >= 0.3 is 7.82 Å². The molecule has 34 heavy (non-hydrogen) atoms. The summed E-state index contributed by atoms with van der Waals surface area (Å²) in [5.41, 5.74) is 3.30. The van der Waals surface area contributed by atoms with E-state index in [2.05, 4.69) is 20.7 Å². The summed E-state index contributed by atoms with van der Waals surface area (Å²) < 4.78 is 32.3. The number of hydrogen-bond acceptors (Lipinski definition) is 8. The summed E-state index contributed by atoms with van der Waals surface area (Å²) >= 11 is 0. The third-order valence-corrected chi connectivity index (χ3v) is 5.46. The molecule has 176 valence electrons. The van der Waals surface area contributed by atoms with Gasteiger partial charge in [0.15, 0.2) is 0 Å². The molecule has 1 aliphatic carbocycles. The Morgan fingerprint density at radius 2 is 1.91 bits per heavy atom. The quantitative estimate of drug-likeness (QED) is 0.348. The lowest BCUT2D eigenvalue weighted by Gasteiger charge is -2.17. The van der Waals surface area contributed by atoms with Gasteiger partial charge in [-0.15, -0.1) is 0 Å². The van der Waals surface area contributed by atoms with Crippen molar-refractivity contribution in [2.45, 2.75) is 39.6 Å². The molecule has 1 aliphatic rings. The third-order valence-electron chi connectivity index (χ3n) is 4.89. The zero-order valence-electron chi connectivity index (χ0n) is 18.6. The van der Waals surface area contributed by atoms with E-state index < -0.39 is 14.1 Å². The van der Waals surface area contributed by atoms with Crippen molar-refractivity contribution < 1.29 is 32.9 Å². The van der Waals surface area contributed by atoms with Crippen molar-refractivity contribution in [1.82, 2.24) is 10.1 Å². The Hall–Kier alpha value is -3.48. The van der Waals surface area contributed by atoms with Gasteiger partial charge in [0.05, 0.1) is 11.7 Å². The summed E-state index contributed by atoms with van der Waals surface area (Å²) in [6.45, 7) is 5.17. The van der Waals surface area contributed by atoms with E-state index in [9.17, 15) is 9.83 Å². The van der Waals surface area contributed by atoms with Crippen molar-refractivity contribution >= 4 is 13.6 Å². The average molecular weight is 483 g/mol. The molecular weight excluding hydrogens is 461 g/mol. The standard InChI is InChI=1S/C23H22N3O7P/c1-13(2)30-20-9-7-15(11-16(20)12-24)23-25-22(26-32-23)19-6-4-5-18-17(19)8-10-21(18)31-14(3)33-34(27,28)29/h4-7,9-11,13-14H,8H2,1-3H3,(H2,27,28,29). The number of nitrogens with zero attached hydrogens (tertiary/aromatic N) is 3. The number of phosphoric ester groups is 1. The van der Waals surface area contributed by atoms with Gasteiger partial charge in [0.25, 0.3) is 5.89 Å². The van der Waals surface area contributed by atoms with E-state index >= 15 is 0 Å². The Labute approximate surface area is 195 Å². The van der Waals surface area contributed by atoms with Gasteiger partial charge in [0.1, 0.15) is 17.6 Å². The van der Waals surface area contributed by atoms with Crippen molar-refractivity contribution in [3.8, 4) is 34.7 Å². The van der Waals surface area contributed by atoms with Crippen molar-refractivity contribution in [3.05, 3.63) is 59.2 Å². The summed E-state index contributed by atoms with van der Waals surface area (Å²) in [5, 5.41) is 13.6. The van der Waals surface area contributed by atoms with Crippen LogP contribution >= 0.6 is 7.82 Å². The van der Waals surface area contributed by atoms with Crippen molar-refractivity contribution in [1.29, 1.82) is 5.26 Å². The highest BCUT2D eigenvalue weighted by molar-refractivity contribution is 7.46. The number of allylic oxidation sites excluding steroid dienone is 1. The molecule has 0 aliphatic heterocycles. The monoisotopic (exact) mass is 483 g/mol. The van der Waals surface area contributed by atoms with Crippen LogP contribution in [0.4, 0.5) is 0 Å². The minimum Gasteiger partial charge on any atom is -0.490 e. The normalized spacial score (nSPS) is 13.9. The maximum absolute atomic E-state index is 11.0. The molecule has 0 radical (unpaired) electrons. The van der Waals surface area contributed by atoms with E-state index in [4.69, 9.17) is 23.8 Å². The fraction of sp³-hybridized carbons (Fsp3) is 0.261. The van der Waals surface area contributed by atoms with Crippen LogP contribution in [0.15, 0.2) is 47.0 Å². The van der Waals surface area contributed by atoms with E-state index in [1.807, 2.05) is 26.0 Å². The first kappa shape index (κ1) is 23.7. The maximum atomic E-state index is 11.0. The molecule has 11 heteroatoms. The lowest BCUT2D eigenvalue weighted by molar-refractivity contribution is -0.0203. The summed E-state index contributed by atoms with van der Waals surface area (Å²) in [6.07, 6.45) is 1.09. The molecule has 0 saturated heterocycles. The second-order valence-electron chi connectivity index (χ2n) is 7.80. The maximum Gasteiger partial charge on any atom is 0.472 e. The van der Waals surface area contributed by atoms with E-state index in [1.54, 1.807) is 30.3 Å². The Morgan fingerprint density at radius 3 is 2.62 bits per heavy atom. The lowest BCUT2D eigenvalue weighted by Crippen LogP contribution is -2.10. The van der Waals surface area contributed by atoms with E-state index in [0.29, 0.717) is 34.9 Å². The van der Waals surface area contributed by atoms with Crippen LogP contribution in [0.3, 0.4) is 0 Å². The second-order valence-corrected chi connectivity index (χ2v) is 8.99. The minimum absolute atomic E-state index is 0.0676. The minimum atomic E-state index is -4.68. The Bertz CT molecular complexity index is 1340. The number of hydrogen-bond donors (Lipinski definition) is 2. The van der Waals surface area contributed by atoms with E-state index in [1.165, 1.54) is 6.92 Å². The Kier molecular flexibility index (Phi) is 6.55. The second kappa shape index (κ2) is 9.41. The molecule has 0 fully saturated rings. The highest BCUT2D eigenvalue weighted by Crippen LogP contribution is 2.40. The van der Waals surface area contributed by atoms with Gasteiger partial charge in [-0.05, 0) is 57.0 Å². The van der Waals surface area contributed by atoms with Crippen LogP contribution in [0, 0.1) is 11.3 Å². The predicted molar refractivity (Wildman–Crippen MR) is 121 cm³/mol. The molecule has 10 nitrogen and oxygen atoms in total. The number of phosphoric acid groups is 1. The van der Waals surface area contributed by atoms with Crippen LogP contribution in [0.2, 0.25) is 0 Å². The lowest BCUT2D eigenvalue weighted by atomic mass is 10.0. The highest BCUT2D eigenvalue weighted by Gasteiger charge is 2.26. The Balaban J connectivity index is 1.59. The van der Waals surface area contributed by atoms with Crippen LogP contribution in [0.1, 0.15) is 37.5 Å². The summed E-state index contributed by atoms with van der Waals surface area (Å²) in [4.78, 5) is 22.4. The number of aromatic nitrogens is 2.